The van der Waals surface area contributed by atoms with E-state index in [4.69, 9.17) is 10.2 Å². The van der Waals surface area contributed by atoms with E-state index < -0.39 is 18.0 Å². The van der Waals surface area contributed by atoms with E-state index in [-0.39, 0.29) is 0 Å². The number of carbonyl (C=O) groups is 1. The summed E-state index contributed by atoms with van der Waals surface area (Å²) in [5.74, 6) is -1.60. The van der Waals surface area contributed by atoms with Crippen LogP contribution in [0.5, 0.6) is 0 Å². The molecule has 0 spiro atoms. The molecule has 0 saturated heterocycles. The van der Waals surface area contributed by atoms with Gasteiger partial charge < -0.3 is 10.2 Å². The minimum atomic E-state index is -0.945. The third kappa shape index (κ3) is 3.00. The van der Waals surface area contributed by atoms with Crippen molar-refractivity contribution in [3.05, 3.63) is 0 Å². The quantitative estimate of drug-likeness (QED) is 0.561. The summed E-state index contributed by atoms with van der Waals surface area (Å²) in [4.78, 5) is 10.1. The van der Waals surface area contributed by atoms with Gasteiger partial charge in [0.1, 0.15) is 0 Å². The van der Waals surface area contributed by atoms with Crippen molar-refractivity contribution in [2.45, 2.75) is 13.0 Å². The monoisotopic (exact) mass is 244 g/mol. The molecule has 0 rings (SSSR count). The first-order valence-electron chi connectivity index (χ1n) is 2.56. The van der Waals surface area contributed by atoms with Crippen LogP contribution in [0.15, 0.2) is 0 Å². The Bertz CT molecular complexity index is 104. The first kappa shape index (κ1) is 9.16. The van der Waals surface area contributed by atoms with Gasteiger partial charge in [0, 0.05) is 4.43 Å². The van der Waals surface area contributed by atoms with Crippen LogP contribution in [0.25, 0.3) is 0 Å². The Kier molecular flexibility index (Phi) is 4.12. The maximum Gasteiger partial charge on any atom is 0.308 e. The molecule has 3 nitrogen and oxygen atoms in total. The third-order valence-corrected chi connectivity index (χ3v) is 2.03. The molecule has 0 aromatic heterocycles. The van der Waals surface area contributed by atoms with E-state index in [2.05, 4.69) is 0 Å². The summed E-state index contributed by atoms with van der Waals surface area (Å²) >= 11 is 1.95. The second-order valence-electron chi connectivity index (χ2n) is 1.85. The fourth-order valence-electron chi connectivity index (χ4n) is 0.298. The standard InChI is InChI=1S/C5H9IO3/c1-3(5(8)9)4(7)2-6/h3-4,7H,2H2,1H3,(H,8,9)/t3?,4-/m0/s1. The fourth-order valence-corrected chi connectivity index (χ4v) is 1.06. The van der Waals surface area contributed by atoms with Crippen molar-refractivity contribution in [3.8, 4) is 0 Å². The highest BCUT2D eigenvalue weighted by Gasteiger charge is 2.19. The number of carboxylic acids is 1. The van der Waals surface area contributed by atoms with E-state index in [0.29, 0.717) is 4.43 Å². The Morgan fingerprint density at radius 2 is 2.22 bits per heavy atom. The van der Waals surface area contributed by atoms with Gasteiger partial charge >= 0.3 is 5.97 Å². The maximum atomic E-state index is 10.1. The molecule has 0 aliphatic carbocycles. The zero-order valence-electron chi connectivity index (χ0n) is 5.04. The van der Waals surface area contributed by atoms with Gasteiger partial charge in [0.15, 0.2) is 0 Å². The molecular weight excluding hydrogens is 235 g/mol. The van der Waals surface area contributed by atoms with E-state index in [9.17, 15) is 4.79 Å². The van der Waals surface area contributed by atoms with Crippen molar-refractivity contribution in [3.63, 3.8) is 0 Å². The SMILES string of the molecule is CC(C(=O)O)[C@@H](O)CI. The zero-order chi connectivity index (χ0) is 7.44. The van der Waals surface area contributed by atoms with Crippen LogP contribution in [0.2, 0.25) is 0 Å². The molecule has 0 aliphatic heterocycles. The molecule has 0 radical (unpaired) electrons. The molecule has 1 unspecified atom stereocenters. The predicted molar refractivity (Wildman–Crippen MR) is 41.7 cm³/mol. The van der Waals surface area contributed by atoms with E-state index >= 15 is 0 Å². The molecule has 9 heavy (non-hydrogen) atoms. The molecule has 0 saturated carbocycles. The Labute approximate surface area is 67.2 Å². The van der Waals surface area contributed by atoms with Gasteiger partial charge in [-0.3, -0.25) is 4.79 Å². The van der Waals surface area contributed by atoms with Gasteiger partial charge in [-0.1, -0.05) is 22.6 Å². The highest BCUT2D eigenvalue weighted by atomic mass is 127. The van der Waals surface area contributed by atoms with Crippen molar-refractivity contribution in [2.24, 2.45) is 5.92 Å². The molecule has 0 aromatic carbocycles. The average Bonchev–Trinajstić information content (AvgIpc) is 1.84. The minimum absolute atomic E-state index is 0.464. The molecule has 2 N–H and O–H groups in total. The number of carboxylic acid groups (broad SMARTS) is 1. The zero-order valence-corrected chi connectivity index (χ0v) is 7.20. The summed E-state index contributed by atoms with van der Waals surface area (Å²) in [6, 6.07) is 0. The number of hydrogen-bond donors (Lipinski definition) is 2. The van der Waals surface area contributed by atoms with Crippen molar-refractivity contribution >= 4 is 28.6 Å². The second kappa shape index (κ2) is 4.05. The van der Waals surface area contributed by atoms with Crippen LogP contribution < -0.4 is 0 Å². The largest absolute Gasteiger partial charge is 0.481 e. The van der Waals surface area contributed by atoms with E-state index in [1.165, 1.54) is 6.92 Å². The number of halogens is 1. The Hall–Kier alpha value is 0.160. The molecule has 4 heteroatoms. The first-order valence-corrected chi connectivity index (χ1v) is 4.09. The Morgan fingerprint density at radius 3 is 2.33 bits per heavy atom. The Balaban J connectivity index is 3.72. The lowest BCUT2D eigenvalue weighted by Crippen LogP contribution is -2.26. The van der Waals surface area contributed by atoms with Gasteiger partial charge in [-0.15, -0.1) is 0 Å². The van der Waals surface area contributed by atoms with E-state index in [0.717, 1.165) is 0 Å². The van der Waals surface area contributed by atoms with Crippen LogP contribution in [0.3, 0.4) is 0 Å². The lowest BCUT2D eigenvalue weighted by molar-refractivity contribution is -0.144. The summed E-state index contributed by atoms with van der Waals surface area (Å²) in [5.41, 5.74) is 0. The molecule has 0 bridgehead atoms. The average molecular weight is 244 g/mol. The Morgan fingerprint density at radius 1 is 1.78 bits per heavy atom. The lowest BCUT2D eigenvalue weighted by atomic mass is 10.1. The van der Waals surface area contributed by atoms with Crippen LogP contribution in [-0.4, -0.2) is 26.7 Å². The third-order valence-electron chi connectivity index (χ3n) is 1.12. The van der Waals surface area contributed by atoms with Crippen molar-refractivity contribution in [1.82, 2.24) is 0 Å². The number of rotatable bonds is 3. The van der Waals surface area contributed by atoms with Crippen LogP contribution in [0.4, 0.5) is 0 Å². The van der Waals surface area contributed by atoms with Crippen LogP contribution in [0, 0.1) is 5.92 Å². The van der Waals surface area contributed by atoms with Crippen molar-refractivity contribution in [2.75, 3.05) is 4.43 Å². The summed E-state index contributed by atoms with van der Waals surface area (Å²) in [7, 11) is 0. The molecule has 54 valence electrons. The highest BCUT2D eigenvalue weighted by molar-refractivity contribution is 14.1. The second-order valence-corrected chi connectivity index (χ2v) is 2.73. The molecule has 0 amide bonds. The van der Waals surface area contributed by atoms with Crippen LogP contribution in [0.1, 0.15) is 6.92 Å². The maximum absolute atomic E-state index is 10.1. The molecule has 0 aromatic rings. The smallest absolute Gasteiger partial charge is 0.308 e. The topological polar surface area (TPSA) is 57.5 Å². The van der Waals surface area contributed by atoms with Gasteiger partial charge in [0.2, 0.25) is 0 Å². The van der Waals surface area contributed by atoms with Crippen LogP contribution in [-0.2, 0) is 4.79 Å². The minimum Gasteiger partial charge on any atom is -0.481 e. The number of aliphatic carboxylic acids is 1. The number of aliphatic hydroxyl groups is 1. The molecular formula is C5H9IO3. The number of aliphatic hydroxyl groups excluding tert-OH is 1. The lowest BCUT2D eigenvalue weighted by Gasteiger charge is -2.10. The normalized spacial score (nSPS) is 16.8. The molecule has 0 fully saturated rings. The van der Waals surface area contributed by atoms with Gasteiger partial charge in [-0.25, -0.2) is 0 Å². The number of hydrogen-bond acceptors (Lipinski definition) is 2. The summed E-state index contributed by atoms with van der Waals surface area (Å²) < 4.78 is 0.464. The van der Waals surface area contributed by atoms with E-state index in [1.54, 1.807) is 0 Å². The van der Waals surface area contributed by atoms with Gasteiger partial charge in [0.05, 0.1) is 12.0 Å². The molecule has 0 aliphatic rings. The summed E-state index contributed by atoms with van der Waals surface area (Å²) in [6.45, 7) is 1.49. The van der Waals surface area contributed by atoms with E-state index in [1.807, 2.05) is 22.6 Å². The summed E-state index contributed by atoms with van der Waals surface area (Å²) in [6.07, 6.45) is -0.719. The van der Waals surface area contributed by atoms with Gasteiger partial charge in [-0.05, 0) is 6.92 Å². The van der Waals surface area contributed by atoms with Gasteiger partial charge in [0.25, 0.3) is 0 Å². The highest BCUT2D eigenvalue weighted by Crippen LogP contribution is 2.05. The van der Waals surface area contributed by atoms with Crippen LogP contribution >= 0.6 is 22.6 Å². The van der Waals surface area contributed by atoms with Crippen molar-refractivity contribution < 1.29 is 15.0 Å². The molecule has 2 atom stereocenters. The fraction of sp³-hybridized carbons (Fsp3) is 0.800. The van der Waals surface area contributed by atoms with Crippen molar-refractivity contribution in [1.29, 1.82) is 0 Å². The number of alkyl halides is 1. The first-order chi connectivity index (χ1) is 4.09. The van der Waals surface area contributed by atoms with Gasteiger partial charge in [-0.2, -0.15) is 0 Å². The molecule has 0 heterocycles. The predicted octanol–water partition coefficient (Wildman–Crippen LogP) is 0.503. The summed E-state index contributed by atoms with van der Waals surface area (Å²) in [5, 5.41) is 17.2.